The second-order valence-corrected chi connectivity index (χ2v) is 9.67. The van der Waals surface area contributed by atoms with Crippen LogP contribution in [0.15, 0.2) is 98.8 Å². The number of furan rings is 2. The maximum atomic E-state index is 13.6. The number of nitrogens with one attached hydrogen (secondary N) is 1. The summed E-state index contributed by atoms with van der Waals surface area (Å²) >= 11 is 1.01. The van der Waals surface area contributed by atoms with Crippen molar-refractivity contribution in [1.29, 1.82) is 5.26 Å². The van der Waals surface area contributed by atoms with Gasteiger partial charge in [0.2, 0.25) is 0 Å². The molecule has 41 heavy (non-hydrogen) atoms. The van der Waals surface area contributed by atoms with E-state index in [-0.39, 0.29) is 27.9 Å². The lowest BCUT2D eigenvalue weighted by molar-refractivity contribution is -0.115. The van der Waals surface area contributed by atoms with Gasteiger partial charge in [-0.15, -0.1) is 11.3 Å². The highest BCUT2D eigenvalue weighted by molar-refractivity contribution is 7.07. The van der Waals surface area contributed by atoms with Gasteiger partial charge in [0.15, 0.2) is 5.57 Å². The molecular weight excluding hydrogens is 542 g/mol. The van der Waals surface area contributed by atoms with Crippen LogP contribution in [0.2, 0.25) is 0 Å². The summed E-state index contributed by atoms with van der Waals surface area (Å²) in [4.78, 5) is 38.6. The molecule has 9 nitrogen and oxygen atoms in total. The van der Waals surface area contributed by atoms with Crippen LogP contribution in [0.3, 0.4) is 0 Å². The van der Waals surface area contributed by atoms with Crippen molar-refractivity contribution >= 4 is 34.9 Å². The van der Waals surface area contributed by atoms with Gasteiger partial charge in [-0.2, -0.15) is 5.26 Å². The Bertz CT molecular complexity index is 1910. The molecule has 0 saturated carbocycles. The molecule has 1 N–H and O–H groups in total. The highest BCUT2D eigenvalue weighted by Crippen LogP contribution is 2.23. The summed E-state index contributed by atoms with van der Waals surface area (Å²) in [6, 6.07) is 24.4. The molecule has 0 bridgehead atoms. The third-order valence-electron chi connectivity index (χ3n) is 5.97. The lowest BCUT2D eigenvalue weighted by Gasteiger charge is -2.04. The first-order valence-electron chi connectivity index (χ1n) is 12.6. The fraction of sp³-hybridized carbons (Fsp3) is 0.0968. The van der Waals surface area contributed by atoms with E-state index in [1.54, 1.807) is 85.8 Å². The maximum absolute atomic E-state index is 13.6. The van der Waals surface area contributed by atoms with Gasteiger partial charge in [0.1, 0.15) is 28.0 Å². The topological polar surface area (TPSA) is 127 Å². The van der Waals surface area contributed by atoms with Crippen LogP contribution in [0.25, 0.3) is 28.7 Å². The Morgan fingerprint density at radius 2 is 1.83 bits per heavy atom. The molecule has 5 aromatic rings. The van der Waals surface area contributed by atoms with Crippen molar-refractivity contribution < 1.29 is 23.2 Å². The monoisotopic (exact) mass is 565 g/mol. The average Bonchev–Trinajstić information content (AvgIpc) is 3.75. The standard InChI is InChI=1S/C31H23N3O6S/c1-2-38-31(37)21-12-10-20(11-13-21)26-15-14-23(40-26)17-27-29(36)34(22-7-4-3-5-8-22)30(41-27)25(18-32)28(35)33-19-24-9-6-16-39-24/h3-17H,2,19H2,1H3,(H,33,35). The quantitative estimate of drug-likeness (QED) is 0.284. The Morgan fingerprint density at radius 1 is 1.05 bits per heavy atom. The van der Waals surface area contributed by atoms with Gasteiger partial charge in [-0.05, 0) is 55.5 Å². The molecule has 0 radical (unpaired) electrons. The second kappa shape index (κ2) is 12.2. The number of rotatable bonds is 8. The molecule has 0 saturated heterocycles. The van der Waals surface area contributed by atoms with Crippen LogP contribution in [-0.4, -0.2) is 23.1 Å². The number of hydrogen-bond donors (Lipinski definition) is 1. The number of nitriles is 1. The number of aromatic nitrogens is 1. The highest BCUT2D eigenvalue weighted by Gasteiger charge is 2.17. The normalized spacial score (nSPS) is 12.0. The first-order valence-corrected chi connectivity index (χ1v) is 13.4. The second-order valence-electron chi connectivity index (χ2n) is 8.64. The summed E-state index contributed by atoms with van der Waals surface area (Å²) in [7, 11) is 0. The van der Waals surface area contributed by atoms with E-state index in [9.17, 15) is 19.6 Å². The number of hydrogen-bond acceptors (Lipinski definition) is 8. The SMILES string of the molecule is CCOC(=O)c1ccc(-c2ccc(C=c3sc(=C(C#N)C(=O)NCc4ccco4)n(-c4ccccc4)c3=O)o2)cc1. The minimum atomic E-state index is -0.632. The molecule has 0 spiro atoms. The van der Waals surface area contributed by atoms with Gasteiger partial charge in [0.25, 0.3) is 11.5 Å². The van der Waals surface area contributed by atoms with Crippen LogP contribution in [0, 0.1) is 11.3 Å². The Labute approximate surface area is 237 Å². The Morgan fingerprint density at radius 3 is 2.51 bits per heavy atom. The first-order chi connectivity index (χ1) is 20.0. The van der Waals surface area contributed by atoms with E-state index in [2.05, 4.69) is 5.32 Å². The molecule has 5 rings (SSSR count). The van der Waals surface area contributed by atoms with Crippen molar-refractivity contribution in [3.05, 3.63) is 122 Å². The van der Waals surface area contributed by atoms with Crippen LogP contribution >= 0.6 is 11.3 Å². The van der Waals surface area contributed by atoms with Crippen LogP contribution in [0.1, 0.15) is 28.8 Å². The van der Waals surface area contributed by atoms with Gasteiger partial charge in [-0.1, -0.05) is 30.3 Å². The molecular formula is C31H23N3O6S. The number of benzene rings is 2. The van der Waals surface area contributed by atoms with Crippen LogP contribution in [0.4, 0.5) is 0 Å². The van der Waals surface area contributed by atoms with E-state index in [4.69, 9.17) is 13.6 Å². The molecule has 0 unspecified atom stereocenters. The zero-order valence-corrected chi connectivity index (χ0v) is 22.6. The number of ether oxygens (including phenoxy) is 1. The van der Waals surface area contributed by atoms with Crippen molar-refractivity contribution in [2.75, 3.05) is 6.61 Å². The Hall–Kier alpha value is -5.40. The zero-order valence-electron chi connectivity index (χ0n) is 21.8. The molecule has 2 aromatic carbocycles. The zero-order chi connectivity index (χ0) is 28.8. The van der Waals surface area contributed by atoms with Gasteiger partial charge in [0.05, 0.1) is 35.2 Å². The number of amides is 1. The molecule has 3 heterocycles. The summed E-state index contributed by atoms with van der Waals surface area (Å²) in [6.45, 7) is 2.12. The summed E-state index contributed by atoms with van der Waals surface area (Å²) in [5, 5.41) is 12.6. The molecule has 10 heteroatoms. The molecule has 0 aliphatic carbocycles. The van der Waals surface area contributed by atoms with Crippen molar-refractivity contribution in [2.24, 2.45) is 0 Å². The third-order valence-corrected chi connectivity index (χ3v) is 7.07. The van der Waals surface area contributed by atoms with Crippen LogP contribution < -0.4 is 20.1 Å². The molecule has 204 valence electrons. The summed E-state index contributed by atoms with van der Waals surface area (Å²) in [5.41, 5.74) is 1.07. The third kappa shape index (κ3) is 5.95. The molecule has 0 aliphatic heterocycles. The number of carbonyl (C=O) groups excluding carboxylic acids is 2. The van der Waals surface area contributed by atoms with E-state index in [1.807, 2.05) is 12.1 Å². The van der Waals surface area contributed by atoms with Crippen LogP contribution in [-0.2, 0) is 16.1 Å². The van der Waals surface area contributed by atoms with Gasteiger partial charge >= 0.3 is 5.97 Å². The van der Waals surface area contributed by atoms with E-state index in [1.165, 1.54) is 10.8 Å². The molecule has 1 amide bonds. The van der Waals surface area contributed by atoms with E-state index in [0.29, 0.717) is 28.5 Å². The summed E-state index contributed by atoms with van der Waals surface area (Å²) in [6.07, 6.45) is 3.06. The van der Waals surface area contributed by atoms with Crippen molar-refractivity contribution in [1.82, 2.24) is 9.88 Å². The van der Waals surface area contributed by atoms with Crippen molar-refractivity contribution in [2.45, 2.75) is 13.5 Å². The number of esters is 1. The lowest BCUT2D eigenvalue weighted by Crippen LogP contribution is -2.33. The fourth-order valence-corrected chi connectivity index (χ4v) is 5.11. The molecule has 0 aliphatic rings. The predicted octanol–water partition coefficient (Wildman–Crippen LogP) is 3.75. The van der Waals surface area contributed by atoms with Crippen molar-refractivity contribution in [3.63, 3.8) is 0 Å². The minimum absolute atomic E-state index is 0.0902. The Balaban J connectivity index is 1.54. The largest absolute Gasteiger partial charge is 0.467 e. The molecule has 0 atom stereocenters. The van der Waals surface area contributed by atoms with Gasteiger partial charge in [-0.25, -0.2) is 4.79 Å². The van der Waals surface area contributed by atoms with Crippen molar-refractivity contribution in [3.8, 4) is 23.1 Å². The molecule has 3 aromatic heterocycles. The van der Waals surface area contributed by atoms with Gasteiger partial charge < -0.3 is 18.9 Å². The van der Waals surface area contributed by atoms with Crippen LogP contribution in [0.5, 0.6) is 0 Å². The van der Waals surface area contributed by atoms with E-state index in [0.717, 1.165) is 16.9 Å². The minimum Gasteiger partial charge on any atom is -0.467 e. The predicted molar refractivity (Wildman–Crippen MR) is 152 cm³/mol. The number of para-hydroxylation sites is 1. The highest BCUT2D eigenvalue weighted by atomic mass is 32.1. The Kier molecular flexibility index (Phi) is 8.08. The van der Waals surface area contributed by atoms with Gasteiger partial charge in [0, 0.05) is 11.6 Å². The van der Waals surface area contributed by atoms with Gasteiger partial charge in [-0.3, -0.25) is 14.2 Å². The number of carbonyl (C=O) groups is 2. The smallest absolute Gasteiger partial charge is 0.338 e. The lowest BCUT2D eigenvalue weighted by atomic mass is 10.1. The first kappa shape index (κ1) is 27.2. The van der Waals surface area contributed by atoms with E-state index < -0.39 is 17.4 Å². The number of thiazole rings is 1. The van der Waals surface area contributed by atoms with E-state index >= 15 is 0 Å². The maximum Gasteiger partial charge on any atom is 0.338 e. The summed E-state index contributed by atoms with van der Waals surface area (Å²) < 4.78 is 18.0. The fourth-order valence-electron chi connectivity index (χ4n) is 4.03. The summed E-state index contributed by atoms with van der Waals surface area (Å²) in [5.74, 6) is 0.432. The number of nitrogens with zero attached hydrogens (tertiary/aromatic N) is 2. The molecule has 0 fully saturated rings. The average molecular weight is 566 g/mol.